The summed E-state index contributed by atoms with van der Waals surface area (Å²) in [6, 6.07) is 0. The van der Waals surface area contributed by atoms with Gasteiger partial charge in [0, 0.05) is 56.9 Å². The summed E-state index contributed by atoms with van der Waals surface area (Å²) in [5.41, 5.74) is -5.60. The fourth-order valence-corrected chi connectivity index (χ4v) is 14.7. The summed E-state index contributed by atoms with van der Waals surface area (Å²) in [6.07, 6.45) is 0. The van der Waals surface area contributed by atoms with Crippen molar-refractivity contribution in [1.29, 1.82) is 0 Å². The highest BCUT2D eigenvalue weighted by molar-refractivity contribution is 6.46. The van der Waals surface area contributed by atoms with Crippen molar-refractivity contribution in [3.63, 3.8) is 0 Å². The molecule has 0 N–H and O–H groups in total. The second-order valence-corrected chi connectivity index (χ2v) is 13.4. The summed E-state index contributed by atoms with van der Waals surface area (Å²) in [7, 11) is 8.99. The van der Waals surface area contributed by atoms with E-state index in [0.717, 1.165) is 0 Å². The molecule has 0 radical (unpaired) electrons. The second-order valence-electron chi connectivity index (χ2n) is 6.81. The molecule has 0 rings (SSSR count). The van der Waals surface area contributed by atoms with E-state index in [1.807, 2.05) is 0 Å². The lowest BCUT2D eigenvalue weighted by molar-refractivity contribution is -0.452. The maximum atomic E-state index is 6.26. The molecule has 0 saturated carbocycles. The molecule has 0 aliphatic rings. The van der Waals surface area contributed by atoms with Crippen LogP contribution in [0.25, 0.3) is 0 Å². The zero-order valence-corrected chi connectivity index (χ0v) is 26.3. The SMILES string of the molecule is COC(OC)([SiH2]C)C(C(OC)(OC)[SiH2]C)(C(OC)(OC)[SiH2]C)C(OC)(OC)[SiH2]C. The lowest BCUT2D eigenvalue weighted by Gasteiger charge is -2.68. The van der Waals surface area contributed by atoms with Crippen molar-refractivity contribution < 1.29 is 37.9 Å². The minimum atomic E-state index is -1.18. The normalized spacial score (nSPS) is 17.8. The van der Waals surface area contributed by atoms with Crippen molar-refractivity contribution in [2.45, 2.75) is 47.8 Å². The van der Waals surface area contributed by atoms with Crippen molar-refractivity contribution in [2.75, 3.05) is 56.9 Å². The molecule has 0 saturated heterocycles. The van der Waals surface area contributed by atoms with Crippen LogP contribution in [-0.4, -0.2) is 117 Å². The van der Waals surface area contributed by atoms with E-state index < -0.39 is 65.1 Å². The molecule has 8 nitrogen and oxygen atoms in total. The van der Waals surface area contributed by atoms with E-state index in [1.54, 1.807) is 56.9 Å². The summed E-state index contributed by atoms with van der Waals surface area (Å²) < 4.78 is 50.1. The highest BCUT2D eigenvalue weighted by Gasteiger charge is 2.82. The predicted octanol–water partition coefficient (Wildman–Crippen LogP) is -1.37. The molecule has 0 aromatic rings. The van der Waals surface area contributed by atoms with Gasteiger partial charge in [-0.3, -0.25) is 0 Å². The van der Waals surface area contributed by atoms with E-state index in [2.05, 4.69) is 26.2 Å². The molecule has 0 unspecified atom stereocenters. The number of hydrogen-bond donors (Lipinski definition) is 0. The number of hydrogen-bond acceptors (Lipinski definition) is 8. The van der Waals surface area contributed by atoms with Gasteiger partial charge in [-0.2, -0.15) is 0 Å². The Bertz CT molecular complexity index is 348. The Hall–Kier alpha value is 0.548. The van der Waals surface area contributed by atoms with Crippen molar-refractivity contribution in [3.05, 3.63) is 0 Å². The molecule has 0 spiro atoms. The molecule has 176 valence electrons. The molecule has 0 atom stereocenters. The van der Waals surface area contributed by atoms with Gasteiger partial charge in [0.05, 0.1) is 38.1 Å². The first-order chi connectivity index (χ1) is 13.7. The van der Waals surface area contributed by atoms with Crippen LogP contribution in [0.3, 0.4) is 0 Å². The number of methoxy groups -OCH3 is 8. The van der Waals surface area contributed by atoms with Gasteiger partial charge in [0.2, 0.25) is 0 Å². The zero-order chi connectivity index (χ0) is 23.0. The van der Waals surface area contributed by atoms with Crippen LogP contribution in [0.1, 0.15) is 0 Å². The van der Waals surface area contributed by atoms with Gasteiger partial charge in [-0.15, -0.1) is 0 Å². The Labute approximate surface area is 186 Å². The van der Waals surface area contributed by atoms with Crippen molar-refractivity contribution >= 4 is 38.1 Å². The molecule has 0 fully saturated rings. The predicted molar refractivity (Wildman–Crippen MR) is 127 cm³/mol. The maximum Gasteiger partial charge on any atom is 0.166 e. The van der Waals surface area contributed by atoms with Crippen LogP contribution in [0.4, 0.5) is 0 Å². The van der Waals surface area contributed by atoms with Crippen LogP contribution in [-0.2, 0) is 37.9 Å². The number of ether oxygens (including phenoxy) is 8. The molecule has 0 bridgehead atoms. The maximum absolute atomic E-state index is 6.26. The first-order valence-electron chi connectivity index (χ1n) is 10.1. The van der Waals surface area contributed by atoms with Crippen molar-refractivity contribution in [2.24, 2.45) is 5.41 Å². The minimum Gasteiger partial charge on any atom is -0.357 e. The third-order valence-electron chi connectivity index (χ3n) is 6.79. The Balaban J connectivity index is 8.16. The molecule has 0 aromatic heterocycles. The third-order valence-corrected chi connectivity index (χ3v) is 14.9. The quantitative estimate of drug-likeness (QED) is 0.195. The summed E-state index contributed by atoms with van der Waals surface area (Å²) in [4.78, 5) is 0. The Morgan fingerprint density at radius 1 is 0.345 bits per heavy atom. The lowest BCUT2D eigenvalue weighted by atomic mass is 9.80. The van der Waals surface area contributed by atoms with Crippen molar-refractivity contribution in [1.82, 2.24) is 0 Å². The van der Waals surface area contributed by atoms with Crippen LogP contribution < -0.4 is 0 Å². The van der Waals surface area contributed by atoms with Gasteiger partial charge in [0.25, 0.3) is 0 Å². The van der Waals surface area contributed by atoms with Gasteiger partial charge >= 0.3 is 0 Å². The van der Waals surface area contributed by atoms with Crippen molar-refractivity contribution in [3.8, 4) is 0 Å². The molecule has 0 aliphatic heterocycles. The Morgan fingerprint density at radius 2 is 0.483 bits per heavy atom. The van der Waals surface area contributed by atoms with Gasteiger partial charge in [-0.1, -0.05) is 26.2 Å². The average Bonchev–Trinajstić information content (AvgIpc) is 2.79. The first-order valence-corrected chi connectivity index (χ1v) is 18.6. The summed E-state index contributed by atoms with van der Waals surface area (Å²) >= 11 is 0. The van der Waals surface area contributed by atoms with Crippen LogP contribution >= 0.6 is 0 Å². The molecule has 29 heavy (non-hydrogen) atoms. The van der Waals surface area contributed by atoms with E-state index in [0.29, 0.717) is 0 Å². The highest BCUT2D eigenvalue weighted by atomic mass is 28.2. The van der Waals surface area contributed by atoms with E-state index >= 15 is 0 Å². The molecule has 0 aliphatic carbocycles. The smallest absolute Gasteiger partial charge is 0.166 e. The lowest BCUT2D eigenvalue weighted by Crippen LogP contribution is -2.88. The Kier molecular flexibility index (Phi) is 12.2. The second kappa shape index (κ2) is 12.0. The molecular weight excluding hydrogens is 445 g/mol. The van der Waals surface area contributed by atoms with E-state index in [4.69, 9.17) is 37.9 Å². The van der Waals surface area contributed by atoms with Crippen LogP contribution in [0, 0.1) is 5.41 Å². The molecule has 0 amide bonds. The fourth-order valence-electron chi connectivity index (χ4n) is 5.51. The van der Waals surface area contributed by atoms with E-state index in [9.17, 15) is 0 Å². The standard InChI is InChI=1S/C17H44O8Si4/c1-18-14(19-2,26-9)13(15(20-3,21-4)27-10,16(22-5,23-6)28-11)17(24-7,25-8)29-12/h26-29H2,1-12H3. The minimum absolute atomic E-state index is 1.06. The molecular formula is C17H44O8Si4. The first kappa shape index (κ1) is 29.5. The summed E-state index contributed by atoms with van der Waals surface area (Å²) in [6.45, 7) is 8.54. The Morgan fingerprint density at radius 3 is 0.552 bits per heavy atom. The molecule has 0 aromatic carbocycles. The fraction of sp³-hybridized carbons (Fsp3) is 1.00. The molecule has 0 heterocycles. The van der Waals surface area contributed by atoms with E-state index in [1.165, 1.54) is 0 Å². The summed E-state index contributed by atoms with van der Waals surface area (Å²) in [5.74, 6) is 0. The van der Waals surface area contributed by atoms with Crippen LogP contribution in [0.5, 0.6) is 0 Å². The zero-order valence-electron chi connectivity index (χ0n) is 20.6. The molecule has 12 heteroatoms. The van der Waals surface area contributed by atoms with Gasteiger partial charge in [0.15, 0.2) is 27.1 Å². The van der Waals surface area contributed by atoms with Gasteiger partial charge < -0.3 is 37.9 Å². The van der Waals surface area contributed by atoms with Crippen LogP contribution in [0.2, 0.25) is 26.2 Å². The summed E-state index contributed by atoms with van der Waals surface area (Å²) in [5, 5.41) is 0. The van der Waals surface area contributed by atoms with Gasteiger partial charge in [0.1, 0.15) is 0 Å². The monoisotopic (exact) mass is 488 g/mol. The topological polar surface area (TPSA) is 73.8 Å². The average molecular weight is 489 g/mol. The van der Waals surface area contributed by atoms with E-state index in [-0.39, 0.29) is 0 Å². The van der Waals surface area contributed by atoms with Gasteiger partial charge in [-0.25, -0.2) is 0 Å². The number of rotatable bonds is 16. The van der Waals surface area contributed by atoms with Crippen LogP contribution in [0.15, 0.2) is 0 Å². The van der Waals surface area contributed by atoms with Gasteiger partial charge in [-0.05, 0) is 0 Å². The largest absolute Gasteiger partial charge is 0.357 e. The highest BCUT2D eigenvalue weighted by Crippen LogP contribution is 2.61. The third kappa shape index (κ3) is 3.82.